The van der Waals surface area contributed by atoms with Crippen LogP contribution >= 0.6 is 47.8 Å². The number of carbonyl (C=O) groups is 5. The van der Waals surface area contributed by atoms with Crippen LogP contribution in [0.5, 0.6) is 0 Å². The Hall–Kier alpha value is -5.08. The summed E-state index contributed by atoms with van der Waals surface area (Å²) in [5, 5.41) is 19.6. The van der Waals surface area contributed by atoms with Crippen LogP contribution in [0, 0.1) is 7.43 Å². The average Bonchev–Trinajstić information content (AvgIpc) is 3.63. The standard InChI is InChI=1S/C22H26BrNO3.C21H22BrNO4.C21H22BrNO3.CH3.BrH.Mg/c1-16(17-9-11-19(23)12-10-17)24-14-13-22(27-20(24)25,15-21(2,3)26)18-7-5-4-6-8-18;1-15(16-7-9-18(22)10-8-16)23-14-13-21(27-20(23)26,12-11-19(24)25)17-5-3-2-4-6-17;1-15(24)14-21(18-6-4-3-5-7-18)12-13-23(20(25)26-21)16(2)17-8-10-19(22)11-9-17;;;/h4-12,16,26H,13-15H2,1-3H3;2-10,15H,11-14H2,1H3,(H,24,25);3-11,16H,12-14H2,1-2H3;1H3;1H;/q;;;-1;;+2/p-1/t16-,22-;15-,21+;16-,21-;;;/m000.../s1. The van der Waals surface area contributed by atoms with E-state index in [0.29, 0.717) is 45.3 Å². The van der Waals surface area contributed by atoms with Gasteiger partial charge < -0.3 is 63.5 Å². The number of aliphatic carboxylic acids is 1. The van der Waals surface area contributed by atoms with Crippen molar-refractivity contribution in [2.75, 3.05) is 19.6 Å². The molecule has 3 aliphatic rings. The number of ketones is 1. The van der Waals surface area contributed by atoms with Crippen LogP contribution in [0.25, 0.3) is 0 Å². The zero-order valence-electron chi connectivity index (χ0n) is 48.1. The van der Waals surface area contributed by atoms with E-state index in [1.807, 2.05) is 185 Å². The normalized spacial score (nSPS) is 20.5. The predicted molar refractivity (Wildman–Crippen MR) is 331 cm³/mol. The molecule has 0 radical (unpaired) electrons. The van der Waals surface area contributed by atoms with Gasteiger partial charge in [0.15, 0.2) is 0 Å². The fourth-order valence-corrected chi connectivity index (χ4v) is 11.6. The van der Waals surface area contributed by atoms with Gasteiger partial charge in [0.25, 0.3) is 0 Å². The van der Waals surface area contributed by atoms with Crippen molar-refractivity contribution >= 4 is 101 Å². The first-order valence-corrected chi connectivity index (χ1v) is 29.3. The van der Waals surface area contributed by atoms with E-state index in [1.54, 1.807) is 28.5 Å². The van der Waals surface area contributed by atoms with Crippen molar-refractivity contribution in [3.8, 4) is 0 Å². The van der Waals surface area contributed by atoms with Gasteiger partial charge in [-0.25, -0.2) is 14.4 Å². The van der Waals surface area contributed by atoms with Crippen LogP contribution in [0.2, 0.25) is 0 Å². The Kier molecular flexibility index (Phi) is 26.6. The van der Waals surface area contributed by atoms with E-state index in [1.165, 1.54) is 6.92 Å². The molecule has 3 amide bonds. The third-order valence-electron chi connectivity index (χ3n) is 15.2. The Bertz CT molecular complexity index is 3050. The number of nitrogens with zero attached hydrogens (tertiary/aromatic N) is 3. The molecule has 3 heterocycles. The number of aliphatic hydroxyl groups is 1. The molecule has 3 saturated heterocycles. The van der Waals surface area contributed by atoms with Crippen LogP contribution in [0.3, 0.4) is 0 Å². The fourth-order valence-electron chi connectivity index (χ4n) is 10.8. The maximum absolute atomic E-state index is 13.0. The molecule has 9 rings (SSSR count). The predicted octanol–water partition coefficient (Wildman–Crippen LogP) is 12.8. The first kappa shape index (κ1) is 70.4. The number of rotatable bonds is 16. The smallest absolute Gasteiger partial charge is 1.00 e. The number of cyclic esters (lactones) is 3. The maximum atomic E-state index is 13.0. The van der Waals surface area contributed by atoms with Gasteiger partial charge in [-0.05, 0) is 111 Å². The van der Waals surface area contributed by atoms with Crippen LogP contribution in [-0.4, -0.2) is 103 Å². The van der Waals surface area contributed by atoms with E-state index in [0.717, 1.165) is 46.8 Å². The van der Waals surface area contributed by atoms with Crippen LogP contribution in [0.1, 0.15) is 138 Å². The minimum absolute atomic E-state index is 0. The number of Topliss-reactive ketones (excluding diaryl/α,β-unsaturated/α-hetero) is 1. The van der Waals surface area contributed by atoms with E-state index in [4.69, 9.17) is 19.3 Å². The van der Waals surface area contributed by atoms with Gasteiger partial charge in [-0.1, -0.05) is 175 Å². The van der Waals surface area contributed by atoms with Crippen LogP contribution in [0.15, 0.2) is 177 Å². The largest absolute Gasteiger partial charge is 2.00 e. The number of benzene rings is 6. The molecule has 0 aliphatic carbocycles. The van der Waals surface area contributed by atoms with Gasteiger partial charge in [0.2, 0.25) is 0 Å². The van der Waals surface area contributed by atoms with Crippen LogP contribution < -0.4 is 17.0 Å². The van der Waals surface area contributed by atoms with Gasteiger partial charge in [0.1, 0.15) is 22.6 Å². The zero-order chi connectivity index (χ0) is 57.8. The fraction of sp³-hybridized carbons (Fsp3) is 0.354. The molecule has 0 spiro atoms. The summed E-state index contributed by atoms with van der Waals surface area (Å²) in [5.74, 6) is -0.886. The van der Waals surface area contributed by atoms with Gasteiger partial charge >= 0.3 is 47.3 Å². The molecule has 3 fully saturated rings. The first-order chi connectivity index (χ1) is 38.0. The quantitative estimate of drug-likeness (QED) is 0.0542. The van der Waals surface area contributed by atoms with E-state index < -0.39 is 34.5 Å². The molecule has 13 nitrogen and oxygen atoms in total. The Morgan fingerprint density at radius 3 is 1.13 bits per heavy atom. The molecule has 6 aromatic carbocycles. The minimum atomic E-state index is -0.949. The molecular weight excluding hydrogens is 1330 g/mol. The number of carboxylic acid groups (broad SMARTS) is 1. The second kappa shape index (κ2) is 31.3. The molecule has 2 N–H and O–H groups in total. The summed E-state index contributed by atoms with van der Waals surface area (Å²) in [5.41, 5.74) is 2.24. The number of amides is 3. The summed E-state index contributed by atoms with van der Waals surface area (Å²) >= 11 is 10.3. The van der Waals surface area contributed by atoms with Gasteiger partial charge in [-0.2, -0.15) is 0 Å². The molecule has 3 aliphatic heterocycles. The van der Waals surface area contributed by atoms with Gasteiger partial charge in [0.05, 0.1) is 30.1 Å². The molecule has 6 aromatic rings. The van der Waals surface area contributed by atoms with Gasteiger partial charge in [-0.15, -0.1) is 0 Å². The Morgan fingerprint density at radius 2 is 0.819 bits per heavy atom. The number of carbonyl (C=O) groups excluding carboxylic acids is 4. The summed E-state index contributed by atoms with van der Waals surface area (Å²) in [7, 11) is 0. The van der Waals surface area contributed by atoms with Crippen LogP contribution in [-0.2, 0) is 40.6 Å². The van der Waals surface area contributed by atoms with Gasteiger partial charge in [0, 0.05) is 71.6 Å². The molecule has 0 bridgehead atoms. The van der Waals surface area contributed by atoms with Crippen molar-refractivity contribution in [3.05, 3.63) is 218 Å². The van der Waals surface area contributed by atoms with Crippen molar-refractivity contribution in [1.82, 2.24) is 14.7 Å². The minimum Gasteiger partial charge on any atom is -1.00 e. The zero-order valence-corrected chi connectivity index (χ0v) is 55.9. The van der Waals surface area contributed by atoms with Crippen molar-refractivity contribution in [2.24, 2.45) is 0 Å². The van der Waals surface area contributed by atoms with Crippen molar-refractivity contribution in [1.29, 1.82) is 0 Å². The van der Waals surface area contributed by atoms with E-state index in [2.05, 4.69) is 47.8 Å². The number of ether oxygens (including phenoxy) is 3. The summed E-state index contributed by atoms with van der Waals surface area (Å²) in [4.78, 5) is 66.8. The van der Waals surface area contributed by atoms with E-state index >= 15 is 0 Å². The monoisotopic (exact) mass is 1400 g/mol. The Labute approximate surface area is 541 Å². The van der Waals surface area contributed by atoms with E-state index in [9.17, 15) is 29.1 Å². The second-order valence-corrected chi connectivity index (χ2v) is 24.2. The average molecular weight is 1400 g/mol. The topological polar surface area (TPSA) is 163 Å². The molecule has 6 atom stereocenters. The van der Waals surface area contributed by atoms with Crippen molar-refractivity contribution in [2.45, 2.75) is 127 Å². The third-order valence-corrected chi connectivity index (χ3v) is 16.8. The van der Waals surface area contributed by atoms with Crippen molar-refractivity contribution in [3.63, 3.8) is 0 Å². The Balaban J connectivity index is 0.000000263. The second-order valence-electron chi connectivity index (χ2n) is 21.5. The number of halogens is 4. The summed E-state index contributed by atoms with van der Waals surface area (Å²) in [6.45, 7) is 12.6. The molecule has 438 valence electrons. The molecular formula is C65H73Br4MgN3O10. The third kappa shape index (κ3) is 18.5. The number of hydrogen-bond donors (Lipinski definition) is 2. The molecule has 0 unspecified atom stereocenters. The molecule has 83 heavy (non-hydrogen) atoms. The van der Waals surface area contributed by atoms with Gasteiger partial charge in [-0.3, -0.25) is 9.59 Å². The summed E-state index contributed by atoms with van der Waals surface area (Å²) in [6, 6.07) is 52.2. The molecule has 18 heteroatoms. The Morgan fingerprint density at radius 1 is 0.530 bits per heavy atom. The maximum Gasteiger partial charge on any atom is 2.00 e. The van der Waals surface area contributed by atoms with Crippen molar-refractivity contribution < 1.29 is 65.4 Å². The van der Waals surface area contributed by atoms with Crippen LogP contribution in [0.4, 0.5) is 14.4 Å². The SMILES string of the molecule is CC(=O)C[C@]1(c2ccccc2)CCN([C@@H](C)c2ccc(Br)cc2)C(=O)O1.C[C@@H](c1ccc(Br)cc1)N1CC[C@](CC(C)(C)O)(c2ccccc2)OC1=O.C[C@@H](c1ccc(Br)cc1)N1CC[C@](CCC(=O)O)(c2ccccc2)OC1=O.[Br-].[CH3-].[Mg+2]. The summed E-state index contributed by atoms with van der Waals surface area (Å²) in [6.07, 6.45) is 1.41. The number of carboxylic acids is 1. The number of hydrogen-bond acceptors (Lipinski definition) is 9. The molecule has 0 aromatic heterocycles. The first-order valence-electron chi connectivity index (χ1n) is 26.9. The van der Waals surface area contributed by atoms with E-state index in [-0.39, 0.29) is 103 Å². The molecule has 0 saturated carbocycles. The summed E-state index contributed by atoms with van der Waals surface area (Å²) < 4.78 is 20.8.